The highest BCUT2D eigenvalue weighted by Crippen LogP contribution is 2.29. The van der Waals surface area contributed by atoms with Gasteiger partial charge < -0.3 is 5.11 Å². The molecule has 2 nitrogen and oxygen atoms in total. The zero-order valence-corrected chi connectivity index (χ0v) is 7.66. The molecule has 0 bridgehead atoms. The van der Waals surface area contributed by atoms with Crippen LogP contribution in [0.2, 0.25) is 0 Å². The minimum atomic E-state index is -0.781. The number of carboxylic acids is 1. The highest BCUT2D eigenvalue weighted by Gasteiger charge is 2.24. The van der Waals surface area contributed by atoms with Gasteiger partial charge >= 0.3 is 5.97 Å². The first-order valence-corrected chi connectivity index (χ1v) is 4.16. The van der Waals surface area contributed by atoms with Gasteiger partial charge in [-0.15, -0.1) is 0 Å². The van der Waals surface area contributed by atoms with Crippen LogP contribution in [0.5, 0.6) is 0 Å². The fourth-order valence-electron chi connectivity index (χ4n) is 1.54. The number of carboxylic acid groups (broad SMARTS) is 1. The van der Waals surface area contributed by atoms with Crippen LogP contribution in [-0.4, -0.2) is 11.1 Å². The number of allylic oxidation sites excluding steroid dienone is 3. The standard InChI is InChI=1S/C10H14O2/c1-6-4-5-7(2)9(8(6)3)10(11)12/h4-6,8H,1-3H3,(H,11,12). The lowest BCUT2D eigenvalue weighted by Crippen LogP contribution is -2.19. The minimum absolute atomic E-state index is 0.132. The van der Waals surface area contributed by atoms with Crippen LogP contribution in [0.1, 0.15) is 20.8 Å². The van der Waals surface area contributed by atoms with Gasteiger partial charge in [-0.25, -0.2) is 4.79 Å². The second kappa shape index (κ2) is 3.13. The summed E-state index contributed by atoms with van der Waals surface area (Å²) in [5, 5.41) is 8.91. The molecule has 0 spiro atoms. The smallest absolute Gasteiger partial charge is 0.332 e. The molecule has 1 aliphatic carbocycles. The Bertz CT molecular complexity index is 261. The maximum absolute atomic E-state index is 10.8. The average molecular weight is 166 g/mol. The highest BCUT2D eigenvalue weighted by molar-refractivity contribution is 5.89. The lowest BCUT2D eigenvalue weighted by Gasteiger charge is -2.22. The van der Waals surface area contributed by atoms with E-state index in [0.717, 1.165) is 5.57 Å². The Kier molecular flexibility index (Phi) is 2.36. The van der Waals surface area contributed by atoms with E-state index in [2.05, 4.69) is 6.08 Å². The van der Waals surface area contributed by atoms with Gasteiger partial charge in [0.05, 0.1) is 0 Å². The Morgan fingerprint density at radius 3 is 2.50 bits per heavy atom. The lowest BCUT2D eigenvalue weighted by molar-refractivity contribution is -0.133. The van der Waals surface area contributed by atoms with Crippen LogP contribution in [0.3, 0.4) is 0 Å². The van der Waals surface area contributed by atoms with Crippen molar-refractivity contribution in [1.82, 2.24) is 0 Å². The maximum atomic E-state index is 10.8. The largest absolute Gasteiger partial charge is 0.478 e. The predicted molar refractivity (Wildman–Crippen MR) is 47.8 cm³/mol. The Labute approximate surface area is 72.6 Å². The maximum Gasteiger partial charge on any atom is 0.332 e. The summed E-state index contributed by atoms with van der Waals surface area (Å²) in [6.45, 7) is 5.85. The first-order valence-electron chi connectivity index (χ1n) is 4.16. The third-order valence-electron chi connectivity index (χ3n) is 2.55. The van der Waals surface area contributed by atoms with Crippen LogP contribution in [0.4, 0.5) is 0 Å². The first kappa shape index (κ1) is 9.04. The third kappa shape index (κ3) is 1.42. The van der Waals surface area contributed by atoms with Gasteiger partial charge in [0.15, 0.2) is 0 Å². The van der Waals surface area contributed by atoms with Crippen molar-refractivity contribution in [3.05, 3.63) is 23.3 Å². The fraction of sp³-hybridized carbons (Fsp3) is 0.500. The van der Waals surface area contributed by atoms with E-state index in [-0.39, 0.29) is 5.92 Å². The van der Waals surface area contributed by atoms with Crippen LogP contribution >= 0.6 is 0 Å². The van der Waals surface area contributed by atoms with Gasteiger partial charge in [-0.2, -0.15) is 0 Å². The van der Waals surface area contributed by atoms with Gasteiger partial charge in [0.1, 0.15) is 0 Å². The molecule has 0 aromatic rings. The van der Waals surface area contributed by atoms with Crippen molar-refractivity contribution in [3.63, 3.8) is 0 Å². The SMILES string of the molecule is CC1=C(C(=O)O)C(C)C(C)C=C1. The molecule has 0 aliphatic heterocycles. The summed E-state index contributed by atoms with van der Waals surface area (Å²) >= 11 is 0. The van der Waals surface area contributed by atoms with Crippen molar-refractivity contribution in [1.29, 1.82) is 0 Å². The Hall–Kier alpha value is -1.05. The first-order chi connectivity index (χ1) is 5.54. The molecule has 0 radical (unpaired) electrons. The van der Waals surface area contributed by atoms with Crippen LogP contribution in [0.15, 0.2) is 23.3 Å². The zero-order valence-electron chi connectivity index (χ0n) is 7.66. The van der Waals surface area contributed by atoms with E-state index in [0.29, 0.717) is 11.5 Å². The van der Waals surface area contributed by atoms with Gasteiger partial charge in [-0.1, -0.05) is 26.0 Å². The molecule has 12 heavy (non-hydrogen) atoms. The van der Waals surface area contributed by atoms with Gasteiger partial charge in [-0.05, 0) is 24.3 Å². The molecule has 0 saturated heterocycles. The molecule has 0 aromatic carbocycles. The number of aliphatic carboxylic acids is 1. The zero-order chi connectivity index (χ0) is 9.30. The van der Waals surface area contributed by atoms with E-state index >= 15 is 0 Å². The second-order valence-electron chi connectivity index (χ2n) is 3.41. The van der Waals surface area contributed by atoms with Crippen LogP contribution in [0.25, 0.3) is 0 Å². The van der Waals surface area contributed by atoms with E-state index in [1.54, 1.807) is 0 Å². The van der Waals surface area contributed by atoms with Crippen molar-refractivity contribution >= 4 is 5.97 Å². The molecular weight excluding hydrogens is 152 g/mol. The predicted octanol–water partition coefficient (Wildman–Crippen LogP) is 2.23. The molecule has 1 rings (SSSR count). The molecule has 2 heteroatoms. The quantitative estimate of drug-likeness (QED) is 0.648. The van der Waals surface area contributed by atoms with E-state index in [4.69, 9.17) is 5.11 Å². The number of hydrogen-bond donors (Lipinski definition) is 1. The van der Waals surface area contributed by atoms with E-state index < -0.39 is 5.97 Å². The molecule has 0 fully saturated rings. The summed E-state index contributed by atoms with van der Waals surface area (Å²) in [4.78, 5) is 10.8. The molecule has 2 unspecified atom stereocenters. The molecule has 66 valence electrons. The van der Waals surface area contributed by atoms with Crippen molar-refractivity contribution < 1.29 is 9.90 Å². The summed E-state index contributed by atoms with van der Waals surface area (Å²) in [6, 6.07) is 0. The molecule has 1 N–H and O–H groups in total. The monoisotopic (exact) mass is 166 g/mol. The molecule has 0 amide bonds. The van der Waals surface area contributed by atoms with E-state index in [1.165, 1.54) is 0 Å². The van der Waals surface area contributed by atoms with Gasteiger partial charge in [0.25, 0.3) is 0 Å². The topological polar surface area (TPSA) is 37.3 Å². The minimum Gasteiger partial charge on any atom is -0.478 e. The second-order valence-corrected chi connectivity index (χ2v) is 3.41. The summed E-state index contributed by atoms with van der Waals surface area (Å²) in [5.41, 5.74) is 1.44. The molecule has 0 aromatic heterocycles. The van der Waals surface area contributed by atoms with Crippen molar-refractivity contribution in [2.45, 2.75) is 20.8 Å². The fourth-order valence-corrected chi connectivity index (χ4v) is 1.54. The average Bonchev–Trinajstić information content (AvgIpc) is 1.97. The third-order valence-corrected chi connectivity index (χ3v) is 2.55. The van der Waals surface area contributed by atoms with Crippen LogP contribution in [0, 0.1) is 11.8 Å². The van der Waals surface area contributed by atoms with Crippen molar-refractivity contribution in [3.8, 4) is 0 Å². The van der Waals surface area contributed by atoms with E-state index in [1.807, 2.05) is 26.8 Å². The molecular formula is C10H14O2. The van der Waals surface area contributed by atoms with E-state index in [9.17, 15) is 4.79 Å². The van der Waals surface area contributed by atoms with Crippen molar-refractivity contribution in [2.24, 2.45) is 11.8 Å². The molecule has 1 aliphatic rings. The summed E-state index contributed by atoms with van der Waals surface area (Å²) in [5.74, 6) is -0.316. The Morgan fingerprint density at radius 1 is 1.50 bits per heavy atom. The Morgan fingerprint density at radius 2 is 2.08 bits per heavy atom. The van der Waals surface area contributed by atoms with Gasteiger partial charge in [-0.3, -0.25) is 0 Å². The molecule has 2 atom stereocenters. The van der Waals surface area contributed by atoms with Crippen LogP contribution < -0.4 is 0 Å². The summed E-state index contributed by atoms with van der Waals surface area (Å²) in [6.07, 6.45) is 3.96. The Balaban J connectivity index is 3.05. The van der Waals surface area contributed by atoms with Crippen LogP contribution in [-0.2, 0) is 4.79 Å². The number of rotatable bonds is 1. The van der Waals surface area contributed by atoms with Crippen molar-refractivity contribution in [2.75, 3.05) is 0 Å². The molecule has 0 saturated carbocycles. The number of carbonyl (C=O) groups is 1. The van der Waals surface area contributed by atoms with Gasteiger partial charge in [0, 0.05) is 5.57 Å². The molecule has 0 heterocycles. The summed E-state index contributed by atoms with van der Waals surface area (Å²) in [7, 11) is 0. The highest BCUT2D eigenvalue weighted by atomic mass is 16.4. The number of hydrogen-bond acceptors (Lipinski definition) is 1. The normalized spacial score (nSPS) is 29.2. The van der Waals surface area contributed by atoms with Gasteiger partial charge in [0.2, 0.25) is 0 Å². The lowest BCUT2D eigenvalue weighted by atomic mass is 9.82. The summed E-state index contributed by atoms with van der Waals surface area (Å²) < 4.78 is 0.